The second kappa shape index (κ2) is 3.75. The first-order chi connectivity index (χ1) is 7.48. The highest BCUT2D eigenvalue weighted by atomic mass is 32.2. The van der Waals surface area contributed by atoms with Crippen molar-refractivity contribution >= 4 is 9.84 Å². The van der Waals surface area contributed by atoms with Gasteiger partial charge in [0.1, 0.15) is 11.6 Å². The SMILES string of the molecule is CS(=O)(=O)c1ccc(F)c(-c2ccco2)c1. The van der Waals surface area contributed by atoms with Crippen LogP contribution in [0, 0.1) is 5.82 Å². The molecule has 0 bridgehead atoms. The van der Waals surface area contributed by atoms with Crippen LogP contribution in [0.1, 0.15) is 0 Å². The minimum Gasteiger partial charge on any atom is -0.464 e. The predicted octanol–water partition coefficient (Wildman–Crippen LogP) is 2.49. The summed E-state index contributed by atoms with van der Waals surface area (Å²) in [7, 11) is -3.34. The van der Waals surface area contributed by atoms with E-state index in [4.69, 9.17) is 4.42 Å². The van der Waals surface area contributed by atoms with Crippen LogP contribution in [0.25, 0.3) is 11.3 Å². The number of furan rings is 1. The zero-order valence-corrected chi connectivity index (χ0v) is 9.29. The maximum absolute atomic E-state index is 13.5. The summed E-state index contributed by atoms with van der Waals surface area (Å²) in [5.74, 6) is -0.203. The standard InChI is InChI=1S/C11H9FO3S/c1-16(13,14)8-4-5-10(12)9(7-8)11-3-2-6-15-11/h2-7H,1H3. The van der Waals surface area contributed by atoms with Gasteiger partial charge in [-0.3, -0.25) is 0 Å². The molecule has 1 aromatic heterocycles. The third-order valence-electron chi connectivity index (χ3n) is 2.15. The Labute approximate surface area is 92.4 Å². The van der Waals surface area contributed by atoms with Gasteiger partial charge in [-0.1, -0.05) is 0 Å². The molecule has 0 saturated heterocycles. The number of halogens is 1. The third kappa shape index (κ3) is 1.99. The summed E-state index contributed by atoms with van der Waals surface area (Å²) in [5, 5.41) is 0. The van der Waals surface area contributed by atoms with Gasteiger partial charge in [0.15, 0.2) is 9.84 Å². The monoisotopic (exact) mass is 240 g/mol. The number of sulfone groups is 1. The predicted molar refractivity (Wildman–Crippen MR) is 57.2 cm³/mol. The molecule has 0 aliphatic rings. The molecular weight excluding hydrogens is 231 g/mol. The van der Waals surface area contributed by atoms with Crippen LogP contribution in [0.3, 0.4) is 0 Å². The van der Waals surface area contributed by atoms with Crippen molar-refractivity contribution in [3.63, 3.8) is 0 Å². The maximum atomic E-state index is 13.5. The quantitative estimate of drug-likeness (QED) is 0.758. The highest BCUT2D eigenvalue weighted by molar-refractivity contribution is 7.90. The van der Waals surface area contributed by atoms with Gasteiger partial charge in [0, 0.05) is 6.26 Å². The van der Waals surface area contributed by atoms with E-state index >= 15 is 0 Å². The van der Waals surface area contributed by atoms with Crippen LogP contribution in [-0.2, 0) is 9.84 Å². The molecular formula is C11H9FO3S. The van der Waals surface area contributed by atoms with E-state index in [1.165, 1.54) is 18.4 Å². The van der Waals surface area contributed by atoms with E-state index in [1.807, 2.05) is 0 Å². The number of hydrogen-bond acceptors (Lipinski definition) is 3. The van der Waals surface area contributed by atoms with E-state index < -0.39 is 15.7 Å². The Bertz CT molecular complexity index is 600. The van der Waals surface area contributed by atoms with E-state index in [0.29, 0.717) is 5.76 Å². The normalized spacial score (nSPS) is 11.6. The van der Waals surface area contributed by atoms with Gasteiger partial charge in [-0.05, 0) is 30.3 Å². The molecule has 0 unspecified atom stereocenters. The van der Waals surface area contributed by atoms with E-state index in [9.17, 15) is 12.8 Å². The molecule has 0 aliphatic heterocycles. The van der Waals surface area contributed by atoms with Crippen molar-refractivity contribution in [2.75, 3.05) is 6.26 Å². The molecule has 1 heterocycles. The van der Waals surface area contributed by atoms with Crippen molar-refractivity contribution in [3.05, 3.63) is 42.4 Å². The Morgan fingerprint density at radius 1 is 1.25 bits per heavy atom. The van der Waals surface area contributed by atoms with Crippen LogP contribution in [0.5, 0.6) is 0 Å². The van der Waals surface area contributed by atoms with E-state index in [2.05, 4.69) is 0 Å². The van der Waals surface area contributed by atoms with Crippen molar-refractivity contribution in [1.29, 1.82) is 0 Å². The van der Waals surface area contributed by atoms with Gasteiger partial charge in [0.2, 0.25) is 0 Å². The Morgan fingerprint density at radius 2 is 2.00 bits per heavy atom. The largest absolute Gasteiger partial charge is 0.464 e. The lowest BCUT2D eigenvalue weighted by molar-refractivity contribution is 0.568. The molecule has 0 radical (unpaired) electrons. The summed E-state index contributed by atoms with van der Waals surface area (Å²) in [5.41, 5.74) is 0.146. The van der Waals surface area contributed by atoms with E-state index in [1.54, 1.807) is 12.1 Å². The summed E-state index contributed by atoms with van der Waals surface area (Å²) >= 11 is 0. The average Bonchev–Trinajstić information content (AvgIpc) is 2.69. The second-order valence-electron chi connectivity index (χ2n) is 3.39. The summed E-state index contributed by atoms with van der Waals surface area (Å²) < 4.78 is 41.1. The molecule has 5 heteroatoms. The van der Waals surface area contributed by atoms with Crippen molar-refractivity contribution in [3.8, 4) is 11.3 Å². The molecule has 16 heavy (non-hydrogen) atoms. The first kappa shape index (κ1) is 10.9. The van der Waals surface area contributed by atoms with Crippen LogP contribution in [0.2, 0.25) is 0 Å². The summed E-state index contributed by atoms with van der Waals surface area (Å²) in [6.07, 6.45) is 2.48. The van der Waals surface area contributed by atoms with Gasteiger partial charge in [0.25, 0.3) is 0 Å². The Hall–Kier alpha value is -1.62. The molecule has 0 aliphatic carbocycles. The third-order valence-corrected chi connectivity index (χ3v) is 3.26. The molecule has 2 aromatic rings. The number of rotatable bonds is 2. The smallest absolute Gasteiger partial charge is 0.175 e. The summed E-state index contributed by atoms with van der Waals surface area (Å²) in [6, 6.07) is 6.81. The molecule has 0 N–H and O–H groups in total. The minimum atomic E-state index is -3.34. The molecule has 84 valence electrons. The Balaban J connectivity index is 2.63. The van der Waals surface area contributed by atoms with Crippen LogP contribution < -0.4 is 0 Å². The zero-order chi connectivity index (χ0) is 11.8. The highest BCUT2D eigenvalue weighted by Crippen LogP contribution is 2.25. The molecule has 1 aromatic carbocycles. The van der Waals surface area contributed by atoms with Gasteiger partial charge in [-0.25, -0.2) is 12.8 Å². The molecule has 0 atom stereocenters. The lowest BCUT2D eigenvalue weighted by Crippen LogP contribution is -1.98. The fraction of sp³-hybridized carbons (Fsp3) is 0.0909. The zero-order valence-electron chi connectivity index (χ0n) is 8.48. The van der Waals surface area contributed by atoms with Crippen molar-refractivity contribution in [1.82, 2.24) is 0 Å². The maximum Gasteiger partial charge on any atom is 0.175 e. The fourth-order valence-corrected chi connectivity index (χ4v) is 2.00. The van der Waals surface area contributed by atoms with Gasteiger partial charge in [-0.2, -0.15) is 0 Å². The second-order valence-corrected chi connectivity index (χ2v) is 5.41. The first-order valence-corrected chi connectivity index (χ1v) is 6.41. The number of benzene rings is 1. The van der Waals surface area contributed by atoms with Gasteiger partial charge in [0.05, 0.1) is 16.7 Å². The van der Waals surface area contributed by atoms with Crippen LogP contribution >= 0.6 is 0 Å². The van der Waals surface area contributed by atoms with Gasteiger partial charge < -0.3 is 4.42 Å². The highest BCUT2D eigenvalue weighted by Gasteiger charge is 2.13. The first-order valence-electron chi connectivity index (χ1n) is 4.52. The molecule has 0 amide bonds. The lowest BCUT2D eigenvalue weighted by atomic mass is 10.1. The van der Waals surface area contributed by atoms with Crippen molar-refractivity contribution in [2.24, 2.45) is 0 Å². The molecule has 3 nitrogen and oxygen atoms in total. The Morgan fingerprint density at radius 3 is 2.56 bits per heavy atom. The average molecular weight is 240 g/mol. The minimum absolute atomic E-state index is 0.0697. The van der Waals surface area contributed by atoms with Gasteiger partial charge >= 0.3 is 0 Å². The van der Waals surface area contributed by atoms with E-state index in [0.717, 1.165) is 12.3 Å². The molecule has 2 rings (SSSR count). The summed E-state index contributed by atoms with van der Waals surface area (Å²) in [6.45, 7) is 0. The van der Waals surface area contributed by atoms with Gasteiger partial charge in [-0.15, -0.1) is 0 Å². The van der Waals surface area contributed by atoms with Crippen molar-refractivity contribution < 1.29 is 17.2 Å². The topological polar surface area (TPSA) is 47.3 Å². The van der Waals surface area contributed by atoms with Crippen LogP contribution in [0.15, 0.2) is 45.9 Å². The Kier molecular flexibility index (Phi) is 2.55. The molecule has 0 fully saturated rings. The molecule has 0 spiro atoms. The lowest BCUT2D eigenvalue weighted by Gasteiger charge is -2.02. The summed E-state index contributed by atoms with van der Waals surface area (Å²) in [4.78, 5) is 0.0697. The number of hydrogen-bond donors (Lipinski definition) is 0. The molecule has 0 saturated carbocycles. The van der Waals surface area contributed by atoms with Crippen molar-refractivity contribution in [2.45, 2.75) is 4.90 Å². The fourth-order valence-electron chi connectivity index (χ4n) is 1.36. The van der Waals surface area contributed by atoms with E-state index in [-0.39, 0.29) is 10.5 Å². The van der Waals surface area contributed by atoms with Crippen LogP contribution in [0.4, 0.5) is 4.39 Å². The van der Waals surface area contributed by atoms with Crippen LogP contribution in [-0.4, -0.2) is 14.7 Å².